The molecule has 10 aromatic carbocycles. The summed E-state index contributed by atoms with van der Waals surface area (Å²) in [5.41, 5.74) is 9.42. The third kappa shape index (κ3) is 5.25. The van der Waals surface area contributed by atoms with Gasteiger partial charge in [-0.2, -0.15) is 0 Å². The van der Waals surface area contributed by atoms with Crippen LogP contribution in [0, 0.1) is 0 Å². The smallest absolute Gasteiger partial charge is 0.166 e. The van der Waals surface area contributed by atoms with Gasteiger partial charge in [-0.25, -0.2) is 15.0 Å². The lowest BCUT2D eigenvalue weighted by Gasteiger charge is -2.16. The first-order chi connectivity index (χ1) is 30.7. The molecule has 62 heavy (non-hydrogen) atoms. The Hall–Kier alpha value is -8.41. The predicted molar refractivity (Wildman–Crippen MR) is 257 cm³/mol. The summed E-state index contributed by atoms with van der Waals surface area (Å²) in [7, 11) is 0. The molecule has 5 nitrogen and oxygen atoms in total. The van der Waals surface area contributed by atoms with E-state index >= 15 is 0 Å². The van der Waals surface area contributed by atoms with Crippen LogP contribution in [0.2, 0.25) is 0 Å². The van der Waals surface area contributed by atoms with Crippen molar-refractivity contribution in [2.24, 2.45) is 0 Å². The van der Waals surface area contributed by atoms with Gasteiger partial charge in [0.2, 0.25) is 0 Å². The number of hydrogen-bond acceptors (Lipinski definition) is 3. The quantitative estimate of drug-likeness (QED) is 0.174. The lowest BCUT2D eigenvalue weighted by molar-refractivity contribution is 1.07. The molecule has 0 radical (unpaired) electrons. The van der Waals surface area contributed by atoms with Gasteiger partial charge in [0.15, 0.2) is 17.5 Å². The third-order valence-corrected chi connectivity index (χ3v) is 12.5. The van der Waals surface area contributed by atoms with E-state index in [0.717, 1.165) is 77.1 Å². The zero-order valence-electron chi connectivity index (χ0n) is 33.4. The van der Waals surface area contributed by atoms with Crippen molar-refractivity contribution in [1.29, 1.82) is 0 Å². The van der Waals surface area contributed by atoms with E-state index in [-0.39, 0.29) is 0 Å². The average Bonchev–Trinajstić information content (AvgIpc) is 3.85. The highest BCUT2D eigenvalue weighted by molar-refractivity contribution is 6.15. The Bertz CT molecular complexity index is 3930. The molecule has 13 rings (SSSR count). The van der Waals surface area contributed by atoms with Crippen LogP contribution in [0.3, 0.4) is 0 Å². The molecule has 288 valence electrons. The van der Waals surface area contributed by atoms with Crippen LogP contribution in [0.15, 0.2) is 212 Å². The van der Waals surface area contributed by atoms with E-state index < -0.39 is 0 Å². The maximum absolute atomic E-state index is 5.53. The first kappa shape index (κ1) is 34.5. The molecule has 0 amide bonds. The second-order valence-corrected chi connectivity index (χ2v) is 16.0. The summed E-state index contributed by atoms with van der Waals surface area (Å²) in [5, 5.41) is 11.6. The van der Waals surface area contributed by atoms with Crippen molar-refractivity contribution in [1.82, 2.24) is 24.1 Å². The first-order valence-corrected chi connectivity index (χ1v) is 21.0. The Kier molecular flexibility index (Phi) is 7.54. The third-order valence-electron chi connectivity index (χ3n) is 12.5. The SMILES string of the molecule is c1ccc(-n2c3ccccc3c3cccc(-c4nc(-c5cccc6ccccc56)nc(-c5cc(-n6c7ccccc7c7cc8ccccc8cc76)cc6ccccc56)n4)c32)cc1. The van der Waals surface area contributed by atoms with Gasteiger partial charge in [-0.3, -0.25) is 0 Å². The highest BCUT2D eigenvalue weighted by atomic mass is 15.1. The Morgan fingerprint density at radius 2 is 0.758 bits per heavy atom. The van der Waals surface area contributed by atoms with Crippen molar-refractivity contribution < 1.29 is 0 Å². The van der Waals surface area contributed by atoms with Gasteiger partial charge in [-0.15, -0.1) is 0 Å². The summed E-state index contributed by atoms with van der Waals surface area (Å²) >= 11 is 0. The van der Waals surface area contributed by atoms with Crippen LogP contribution in [-0.4, -0.2) is 24.1 Å². The van der Waals surface area contributed by atoms with Gasteiger partial charge in [-0.05, 0) is 86.9 Å². The Labute approximate surface area is 356 Å². The topological polar surface area (TPSA) is 48.5 Å². The summed E-state index contributed by atoms with van der Waals surface area (Å²) in [6.45, 7) is 0. The second kappa shape index (κ2) is 13.6. The maximum atomic E-state index is 5.53. The molecule has 0 bridgehead atoms. The molecule has 0 N–H and O–H groups in total. The summed E-state index contributed by atoms with van der Waals surface area (Å²) in [5.74, 6) is 1.85. The molecule has 0 aliphatic rings. The minimum Gasteiger partial charge on any atom is -0.309 e. The van der Waals surface area contributed by atoms with Crippen LogP contribution in [0.1, 0.15) is 0 Å². The lowest BCUT2D eigenvalue weighted by Crippen LogP contribution is -2.03. The minimum absolute atomic E-state index is 0.612. The molecule has 3 aromatic heterocycles. The number of aromatic nitrogens is 5. The predicted octanol–water partition coefficient (Wildman–Crippen LogP) is 14.5. The summed E-state index contributed by atoms with van der Waals surface area (Å²) < 4.78 is 4.75. The van der Waals surface area contributed by atoms with Gasteiger partial charge in [0.1, 0.15) is 0 Å². The van der Waals surface area contributed by atoms with Crippen molar-refractivity contribution in [2.45, 2.75) is 0 Å². The van der Waals surface area contributed by atoms with E-state index in [2.05, 4.69) is 221 Å². The normalized spacial score (nSPS) is 11.9. The summed E-state index contributed by atoms with van der Waals surface area (Å²) in [6, 6.07) is 75.7. The molecule has 13 aromatic rings. The van der Waals surface area contributed by atoms with Gasteiger partial charge in [-0.1, -0.05) is 158 Å². The van der Waals surface area contributed by atoms with Crippen LogP contribution in [0.4, 0.5) is 0 Å². The van der Waals surface area contributed by atoms with E-state index in [0.29, 0.717) is 17.5 Å². The largest absolute Gasteiger partial charge is 0.309 e. The van der Waals surface area contributed by atoms with Crippen LogP contribution >= 0.6 is 0 Å². The lowest BCUT2D eigenvalue weighted by atomic mass is 10.0. The zero-order chi connectivity index (χ0) is 40.7. The van der Waals surface area contributed by atoms with Gasteiger partial charge in [0, 0.05) is 49.6 Å². The number of benzene rings is 10. The molecule has 0 unspecified atom stereocenters. The van der Waals surface area contributed by atoms with E-state index in [1.807, 2.05) is 0 Å². The van der Waals surface area contributed by atoms with Crippen molar-refractivity contribution in [3.8, 4) is 45.5 Å². The van der Waals surface area contributed by atoms with Crippen molar-refractivity contribution >= 4 is 75.9 Å². The highest BCUT2D eigenvalue weighted by Crippen LogP contribution is 2.41. The Morgan fingerprint density at radius 3 is 1.52 bits per heavy atom. The van der Waals surface area contributed by atoms with E-state index in [9.17, 15) is 0 Å². The minimum atomic E-state index is 0.612. The first-order valence-electron chi connectivity index (χ1n) is 21.0. The Balaban J connectivity index is 1.13. The Morgan fingerprint density at radius 1 is 0.258 bits per heavy atom. The van der Waals surface area contributed by atoms with Crippen molar-refractivity contribution in [2.75, 3.05) is 0 Å². The monoisotopic (exact) mass is 789 g/mol. The van der Waals surface area contributed by atoms with Crippen LogP contribution in [-0.2, 0) is 0 Å². The number of fused-ring (bicyclic) bond motifs is 9. The van der Waals surface area contributed by atoms with E-state index in [4.69, 9.17) is 15.0 Å². The second-order valence-electron chi connectivity index (χ2n) is 16.0. The fraction of sp³-hybridized carbons (Fsp3) is 0. The molecule has 0 aliphatic heterocycles. The summed E-state index contributed by atoms with van der Waals surface area (Å²) in [6.07, 6.45) is 0. The van der Waals surface area contributed by atoms with Crippen LogP contribution in [0.5, 0.6) is 0 Å². The molecule has 0 fully saturated rings. The zero-order valence-corrected chi connectivity index (χ0v) is 33.4. The number of para-hydroxylation sites is 4. The van der Waals surface area contributed by atoms with Gasteiger partial charge >= 0.3 is 0 Å². The molecule has 0 aliphatic carbocycles. The fourth-order valence-corrected chi connectivity index (χ4v) is 9.74. The summed E-state index contributed by atoms with van der Waals surface area (Å²) in [4.78, 5) is 16.4. The molecule has 0 atom stereocenters. The van der Waals surface area contributed by atoms with E-state index in [1.54, 1.807) is 0 Å². The number of hydrogen-bond donors (Lipinski definition) is 0. The van der Waals surface area contributed by atoms with Gasteiger partial charge in [0.25, 0.3) is 0 Å². The number of nitrogens with zero attached hydrogens (tertiary/aromatic N) is 5. The fourth-order valence-electron chi connectivity index (χ4n) is 9.74. The highest BCUT2D eigenvalue weighted by Gasteiger charge is 2.22. The molecule has 5 heteroatoms. The maximum Gasteiger partial charge on any atom is 0.166 e. The molecule has 0 spiro atoms. The molecule has 0 saturated heterocycles. The molecular formula is C57H35N5. The molecule has 3 heterocycles. The average molecular weight is 790 g/mol. The molecular weight excluding hydrogens is 755 g/mol. The molecule has 0 saturated carbocycles. The van der Waals surface area contributed by atoms with Crippen molar-refractivity contribution in [3.05, 3.63) is 212 Å². The van der Waals surface area contributed by atoms with Gasteiger partial charge in [0.05, 0.1) is 22.1 Å². The van der Waals surface area contributed by atoms with Gasteiger partial charge < -0.3 is 9.13 Å². The standard InChI is InChI=1S/C57H35N5/c1-2-21-40(22-3-1)62-52-31-13-10-25-44(52)46-27-15-29-48(54(46)62)56-58-55(47-28-14-20-36-16-6-8-23-42(36)47)59-57(60-56)50-35-41(32-39-19-7-9-24-43(39)50)61-51-30-12-11-26-45(51)49-33-37-17-4-5-18-38(37)34-53(49)61/h1-35H. The number of rotatable bonds is 5. The van der Waals surface area contributed by atoms with Crippen LogP contribution < -0.4 is 0 Å². The van der Waals surface area contributed by atoms with Crippen LogP contribution in [0.25, 0.3) is 121 Å². The van der Waals surface area contributed by atoms with E-state index in [1.165, 1.54) is 26.9 Å². The van der Waals surface area contributed by atoms with Crippen molar-refractivity contribution in [3.63, 3.8) is 0 Å².